The van der Waals surface area contributed by atoms with Crippen LogP contribution in [-0.4, -0.2) is 12.1 Å². The molecule has 70 valence electrons. The fraction of sp³-hybridized carbons (Fsp3) is 0.875. The Morgan fingerprint density at radius 2 is 1.92 bits per heavy atom. The van der Waals surface area contributed by atoms with E-state index in [2.05, 4.69) is 17.7 Å². The number of urea groups is 1. The molecule has 4 N–H and O–H groups in total. The van der Waals surface area contributed by atoms with E-state index in [9.17, 15) is 4.79 Å². The summed E-state index contributed by atoms with van der Waals surface area (Å²) in [6.07, 6.45) is 4.56. The van der Waals surface area contributed by atoms with Crippen LogP contribution in [0.3, 0.4) is 0 Å². The van der Waals surface area contributed by atoms with E-state index in [0.717, 1.165) is 18.8 Å². The number of carbonyl (C=O) groups is 1. The van der Waals surface area contributed by atoms with Gasteiger partial charge in [0.15, 0.2) is 0 Å². The lowest BCUT2D eigenvalue weighted by atomic mass is 9.87. The number of nitrogens with one attached hydrogen (secondary N) is 2. The van der Waals surface area contributed by atoms with Crippen LogP contribution in [-0.2, 0) is 0 Å². The SMILES string of the molecule is CC1CCC(NC(=O)NN)CC1. The minimum atomic E-state index is -0.269. The number of hydrogen-bond donors (Lipinski definition) is 3. The average Bonchev–Trinajstić information content (AvgIpc) is 2.09. The molecule has 0 radical (unpaired) electrons. The van der Waals surface area contributed by atoms with E-state index >= 15 is 0 Å². The smallest absolute Gasteiger partial charge is 0.329 e. The molecular weight excluding hydrogens is 154 g/mol. The van der Waals surface area contributed by atoms with Crippen molar-refractivity contribution in [1.29, 1.82) is 0 Å². The number of nitrogens with two attached hydrogens (primary N) is 1. The van der Waals surface area contributed by atoms with Crippen molar-refractivity contribution in [2.75, 3.05) is 0 Å². The first-order valence-electron chi connectivity index (χ1n) is 4.49. The van der Waals surface area contributed by atoms with Gasteiger partial charge in [0, 0.05) is 6.04 Å². The van der Waals surface area contributed by atoms with Crippen molar-refractivity contribution < 1.29 is 4.79 Å². The molecular formula is C8H17N3O. The highest BCUT2D eigenvalue weighted by Gasteiger charge is 2.18. The van der Waals surface area contributed by atoms with Gasteiger partial charge in [-0.1, -0.05) is 6.92 Å². The number of carbonyl (C=O) groups excluding carboxylic acids is 1. The lowest BCUT2D eigenvalue weighted by molar-refractivity contribution is 0.229. The van der Waals surface area contributed by atoms with Gasteiger partial charge in [-0.15, -0.1) is 0 Å². The van der Waals surface area contributed by atoms with Crippen molar-refractivity contribution in [2.24, 2.45) is 11.8 Å². The summed E-state index contributed by atoms with van der Waals surface area (Å²) in [6, 6.07) is 0.0549. The largest absolute Gasteiger partial charge is 0.334 e. The molecule has 12 heavy (non-hydrogen) atoms. The predicted molar refractivity (Wildman–Crippen MR) is 47.3 cm³/mol. The van der Waals surface area contributed by atoms with Gasteiger partial charge in [-0.25, -0.2) is 10.6 Å². The number of amides is 2. The van der Waals surface area contributed by atoms with Crippen molar-refractivity contribution in [3.63, 3.8) is 0 Å². The summed E-state index contributed by atoms with van der Waals surface area (Å²) < 4.78 is 0. The van der Waals surface area contributed by atoms with Gasteiger partial charge in [-0.3, -0.25) is 5.43 Å². The molecule has 1 fully saturated rings. The molecule has 0 spiro atoms. The summed E-state index contributed by atoms with van der Waals surface area (Å²) in [7, 11) is 0. The third-order valence-corrected chi connectivity index (χ3v) is 2.48. The Bertz CT molecular complexity index is 152. The van der Waals surface area contributed by atoms with Crippen LogP contribution in [0.4, 0.5) is 4.79 Å². The lowest BCUT2D eigenvalue weighted by Crippen LogP contribution is -2.46. The van der Waals surface area contributed by atoms with Gasteiger partial charge < -0.3 is 5.32 Å². The molecule has 0 aliphatic heterocycles. The zero-order chi connectivity index (χ0) is 8.97. The predicted octanol–water partition coefficient (Wildman–Crippen LogP) is 0.738. The van der Waals surface area contributed by atoms with Crippen LogP contribution in [0, 0.1) is 5.92 Å². The topological polar surface area (TPSA) is 67.2 Å². The van der Waals surface area contributed by atoms with E-state index < -0.39 is 0 Å². The van der Waals surface area contributed by atoms with E-state index in [1.807, 2.05) is 0 Å². The normalized spacial score (nSPS) is 29.5. The van der Waals surface area contributed by atoms with Crippen LogP contribution < -0.4 is 16.6 Å². The molecule has 0 aromatic rings. The van der Waals surface area contributed by atoms with Gasteiger partial charge in [0.2, 0.25) is 0 Å². The summed E-state index contributed by atoms with van der Waals surface area (Å²) in [5, 5.41) is 2.81. The fourth-order valence-electron chi connectivity index (χ4n) is 1.63. The minimum absolute atomic E-state index is 0.269. The Morgan fingerprint density at radius 1 is 1.33 bits per heavy atom. The third-order valence-electron chi connectivity index (χ3n) is 2.48. The molecule has 1 aliphatic carbocycles. The third kappa shape index (κ3) is 2.70. The Balaban J connectivity index is 2.21. The van der Waals surface area contributed by atoms with Crippen LogP contribution >= 0.6 is 0 Å². The maximum atomic E-state index is 10.8. The molecule has 0 aromatic carbocycles. The molecule has 2 amide bonds. The second kappa shape index (κ2) is 4.30. The van der Waals surface area contributed by atoms with Crippen molar-refractivity contribution in [2.45, 2.75) is 38.6 Å². The highest BCUT2D eigenvalue weighted by molar-refractivity contribution is 5.73. The molecule has 4 heteroatoms. The van der Waals surface area contributed by atoms with E-state index in [-0.39, 0.29) is 6.03 Å². The first kappa shape index (κ1) is 9.32. The van der Waals surface area contributed by atoms with Crippen LogP contribution in [0.15, 0.2) is 0 Å². The summed E-state index contributed by atoms with van der Waals surface area (Å²) in [5.74, 6) is 5.76. The maximum absolute atomic E-state index is 10.8. The van der Waals surface area contributed by atoms with E-state index in [1.165, 1.54) is 12.8 Å². The number of hydrogen-bond acceptors (Lipinski definition) is 2. The first-order chi connectivity index (χ1) is 5.72. The molecule has 4 nitrogen and oxygen atoms in total. The Kier molecular flexibility index (Phi) is 3.34. The molecule has 0 atom stereocenters. The zero-order valence-corrected chi connectivity index (χ0v) is 7.47. The van der Waals surface area contributed by atoms with Gasteiger partial charge in [-0.05, 0) is 31.6 Å². The van der Waals surface area contributed by atoms with Gasteiger partial charge in [-0.2, -0.15) is 0 Å². The monoisotopic (exact) mass is 171 g/mol. The number of rotatable bonds is 1. The van der Waals surface area contributed by atoms with E-state index in [0.29, 0.717) is 6.04 Å². The first-order valence-corrected chi connectivity index (χ1v) is 4.49. The van der Waals surface area contributed by atoms with E-state index in [4.69, 9.17) is 5.84 Å². The summed E-state index contributed by atoms with van der Waals surface area (Å²) in [5.41, 5.74) is 2.07. The maximum Gasteiger partial charge on any atom is 0.329 e. The molecule has 0 bridgehead atoms. The van der Waals surface area contributed by atoms with Gasteiger partial charge in [0.1, 0.15) is 0 Å². The minimum Gasteiger partial charge on any atom is -0.334 e. The van der Waals surface area contributed by atoms with Crippen LogP contribution in [0.1, 0.15) is 32.6 Å². The van der Waals surface area contributed by atoms with E-state index in [1.54, 1.807) is 0 Å². The standard InChI is InChI=1S/C8H17N3O/c1-6-2-4-7(5-3-6)10-8(12)11-9/h6-7H,2-5,9H2,1H3,(H2,10,11,12). The van der Waals surface area contributed by atoms with Gasteiger partial charge in [0.25, 0.3) is 0 Å². The molecule has 0 saturated heterocycles. The highest BCUT2D eigenvalue weighted by atomic mass is 16.2. The molecule has 1 aliphatic rings. The average molecular weight is 171 g/mol. The number of hydrazine groups is 1. The Hall–Kier alpha value is -0.770. The molecule has 0 aromatic heterocycles. The lowest BCUT2D eigenvalue weighted by Gasteiger charge is -2.26. The second-order valence-corrected chi connectivity index (χ2v) is 3.57. The van der Waals surface area contributed by atoms with Crippen LogP contribution in [0.2, 0.25) is 0 Å². The summed E-state index contributed by atoms with van der Waals surface area (Å²) in [4.78, 5) is 10.8. The fourth-order valence-corrected chi connectivity index (χ4v) is 1.63. The molecule has 0 heterocycles. The quantitative estimate of drug-likeness (QED) is 0.309. The van der Waals surface area contributed by atoms with Gasteiger partial charge >= 0.3 is 6.03 Å². The summed E-state index contributed by atoms with van der Waals surface area (Å²) in [6.45, 7) is 2.25. The summed E-state index contributed by atoms with van der Waals surface area (Å²) >= 11 is 0. The Labute approximate surface area is 72.9 Å². The molecule has 0 unspecified atom stereocenters. The molecule has 1 rings (SSSR count). The van der Waals surface area contributed by atoms with Crippen molar-refractivity contribution in [3.8, 4) is 0 Å². The van der Waals surface area contributed by atoms with Gasteiger partial charge in [0.05, 0.1) is 0 Å². The van der Waals surface area contributed by atoms with Crippen molar-refractivity contribution in [3.05, 3.63) is 0 Å². The molecule has 1 saturated carbocycles. The second-order valence-electron chi connectivity index (χ2n) is 3.57. The Morgan fingerprint density at radius 3 is 2.42 bits per heavy atom. The van der Waals surface area contributed by atoms with Crippen LogP contribution in [0.5, 0.6) is 0 Å². The van der Waals surface area contributed by atoms with Crippen LogP contribution in [0.25, 0.3) is 0 Å². The van der Waals surface area contributed by atoms with Crippen molar-refractivity contribution in [1.82, 2.24) is 10.7 Å². The zero-order valence-electron chi connectivity index (χ0n) is 7.47. The highest BCUT2D eigenvalue weighted by Crippen LogP contribution is 2.23. The van der Waals surface area contributed by atoms with Crippen molar-refractivity contribution >= 4 is 6.03 Å².